The maximum Gasteiger partial charge on any atom is 0.331 e. The molecule has 0 radical (unpaired) electrons. The highest BCUT2D eigenvalue weighted by Gasteiger charge is 2.21. The van der Waals surface area contributed by atoms with Crippen LogP contribution in [0.4, 0.5) is 0 Å². The average Bonchev–Trinajstić information content (AvgIpc) is 3.11. The number of aromatic nitrogens is 3. The van der Waals surface area contributed by atoms with E-state index in [2.05, 4.69) is 21.7 Å². The summed E-state index contributed by atoms with van der Waals surface area (Å²) >= 11 is 0. The minimum absolute atomic E-state index is 0.0105. The summed E-state index contributed by atoms with van der Waals surface area (Å²) in [6.07, 6.45) is 2.46. The zero-order valence-corrected chi connectivity index (χ0v) is 16.4. The molecule has 0 aliphatic carbocycles. The fraction of sp³-hybridized carbons (Fsp3) is 0.158. The quantitative estimate of drug-likeness (QED) is 0.578. The molecule has 1 aromatic carbocycles. The van der Waals surface area contributed by atoms with Crippen LogP contribution in [0.5, 0.6) is 11.6 Å². The standard InChI is InChI=1S/C19H17N3O6S/c1-11-5-4-8-20-18(11)27-13-6-7-14(15(10-13)29(3,25)26)17-21-16(28-22-17)9-12(2)19(23)24/h4-8,10H,2,9H2,1,3H3,(H,23,24). The van der Waals surface area contributed by atoms with E-state index in [1.165, 1.54) is 12.1 Å². The third-order valence-corrected chi connectivity index (χ3v) is 5.04. The second-order valence-electron chi connectivity index (χ2n) is 6.25. The third-order valence-electron chi connectivity index (χ3n) is 3.90. The summed E-state index contributed by atoms with van der Waals surface area (Å²) in [6.45, 7) is 5.22. The monoisotopic (exact) mass is 415 g/mol. The van der Waals surface area contributed by atoms with Crippen molar-refractivity contribution in [3.63, 3.8) is 0 Å². The molecule has 0 unspecified atom stereocenters. The molecule has 3 aromatic rings. The van der Waals surface area contributed by atoms with Crippen LogP contribution in [-0.4, -0.2) is 40.9 Å². The van der Waals surface area contributed by atoms with E-state index in [9.17, 15) is 13.2 Å². The van der Waals surface area contributed by atoms with Gasteiger partial charge in [0.15, 0.2) is 9.84 Å². The highest BCUT2D eigenvalue weighted by atomic mass is 32.2. The maximum atomic E-state index is 12.3. The Balaban J connectivity index is 1.98. The first-order valence-electron chi connectivity index (χ1n) is 8.33. The predicted molar refractivity (Wildman–Crippen MR) is 102 cm³/mol. The highest BCUT2D eigenvalue weighted by molar-refractivity contribution is 7.90. The number of nitrogens with zero attached hydrogens (tertiary/aromatic N) is 3. The van der Waals surface area contributed by atoms with Crippen LogP contribution in [-0.2, 0) is 21.1 Å². The van der Waals surface area contributed by atoms with Crippen molar-refractivity contribution in [2.45, 2.75) is 18.2 Å². The van der Waals surface area contributed by atoms with Gasteiger partial charge in [-0.3, -0.25) is 0 Å². The molecule has 0 fully saturated rings. The normalized spacial score (nSPS) is 11.2. The lowest BCUT2D eigenvalue weighted by atomic mass is 10.2. The van der Waals surface area contributed by atoms with Crippen LogP contribution in [0.15, 0.2) is 58.1 Å². The van der Waals surface area contributed by atoms with Gasteiger partial charge < -0.3 is 14.4 Å². The maximum absolute atomic E-state index is 12.3. The molecule has 2 heterocycles. The fourth-order valence-corrected chi connectivity index (χ4v) is 3.33. The number of carboxylic acid groups (broad SMARTS) is 1. The van der Waals surface area contributed by atoms with E-state index >= 15 is 0 Å². The van der Waals surface area contributed by atoms with Gasteiger partial charge in [0, 0.05) is 35.2 Å². The lowest BCUT2D eigenvalue weighted by Crippen LogP contribution is -2.03. The van der Waals surface area contributed by atoms with Gasteiger partial charge in [0.25, 0.3) is 0 Å². The Kier molecular flexibility index (Phi) is 5.46. The second kappa shape index (κ2) is 7.84. The molecule has 0 amide bonds. The minimum atomic E-state index is -3.67. The number of rotatable bonds is 7. The van der Waals surface area contributed by atoms with Gasteiger partial charge in [-0.15, -0.1) is 0 Å². The molecule has 3 rings (SSSR count). The summed E-state index contributed by atoms with van der Waals surface area (Å²) in [6, 6.07) is 7.99. The smallest absolute Gasteiger partial charge is 0.331 e. The van der Waals surface area contributed by atoms with Gasteiger partial charge in [0.1, 0.15) is 5.75 Å². The molecule has 0 bridgehead atoms. The molecule has 0 aliphatic rings. The van der Waals surface area contributed by atoms with Gasteiger partial charge >= 0.3 is 5.97 Å². The summed E-state index contributed by atoms with van der Waals surface area (Å²) in [5.41, 5.74) is 0.866. The van der Waals surface area contributed by atoms with Crippen molar-refractivity contribution in [2.75, 3.05) is 6.26 Å². The van der Waals surface area contributed by atoms with Gasteiger partial charge in [0.05, 0.1) is 11.3 Å². The van der Waals surface area contributed by atoms with Crippen LogP contribution in [0.1, 0.15) is 11.5 Å². The molecule has 1 N–H and O–H groups in total. The van der Waals surface area contributed by atoms with Crippen LogP contribution >= 0.6 is 0 Å². The molecule has 0 spiro atoms. The van der Waals surface area contributed by atoms with Crippen molar-refractivity contribution < 1.29 is 27.6 Å². The number of aliphatic carboxylic acids is 1. The number of carbonyl (C=O) groups is 1. The Morgan fingerprint density at radius 3 is 2.72 bits per heavy atom. The zero-order valence-electron chi connectivity index (χ0n) is 15.6. The summed E-state index contributed by atoms with van der Waals surface area (Å²) in [7, 11) is -3.67. The lowest BCUT2D eigenvalue weighted by Gasteiger charge is -2.10. The van der Waals surface area contributed by atoms with Crippen LogP contribution < -0.4 is 4.74 Å². The van der Waals surface area contributed by atoms with E-state index in [0.717, 1.165) is 11.8 Å². The number of hydrogen-bond acceptors (Lipinski definition) is 8. The van der Waals surface area contributed by atoms with E-state index in [4.69, 9.17) is 14.4 Å². The first kappa shape index (κ1) is 20.2. The molecule has 29 heavy (non-hydrogen) atoms. The number of benzene rings is 1. The number of sulfone groups is 1. The average molecular weight is 415 g/mol. The summed E-state index contributed by atoms with van der Waals surface area (Å²) in [4.78, 5) is 19.0. The van der Waals surface area contributed by atoms with Crippen LogP contribution in [0, 0.1) is 6.92 Å². The van der Waals surface area contributed by atoms with Gasteiger partial charge in [-0.1, -0.05) is 17.8 Å². The van der Waals surface area contributed by atoms with Gasteiger partial charge in [0.2, 0.25) is 17.6 Å². The molecule has 10 heteroatoms. The molecular formula is C19H17N3O6S. The third kappa shape index (κ3) is 4.66. The Morgan fingerprint density at radius 1 is 1.31 bits per heavy atom. The van der Waals surface area contributed by atoms with Crippen LogP contribution in [0.2, 0.25) is 0 Å². The molecule has 9 nitrogen and oxygen atoms in total. The van der Waals surface area contributed by atoms with Crippen LogP contribution in [0.3, 0.4) is 0 Å². The molecule has 0 saturated carbocycles. The highest BCUT2D eigenvalue weighted by Crippen LogP contribution is 2.31. The summed E-state index contributed by atoms with van der Waals surface area (Å²) in [5.74, 6) is -0.531. The van der Waals surface area contributed by atoms with Crippen molar-refractivity contribution in [1.29, 1.82) is 0 Å². The van der Waals surface area contributed by atoms with Gasteiger partial charge in [-0.05, 0) is 25.1 Å². The molecule has 150 valence electrons. The topological polar surface area (TPSA) is 132 Å². The van der Waals surface area contributed by atoms with Crippen molar-refractivity contribution in [3.8, 4) is 23.0 Å². The zero-order chi connectivity index (χ0) is 21.2. The summed E-state index contributed by atoms with van der Waals surface area (Å²) < 4.78 is 35.4. The first-order chi connectivity index (χ1) is 13.6. The second-order valence-corrected chi connectivity index (χ2v) is 8.24. The van der Waals surface area contributed by atoms with E-state index in [0.29, 0.717) is 5.88 Å². The van der Waals surface area contributed by atoms with E-state index in [1.807, 2.05) is 13.0 Å². The summed E-state index contributed by atoms with van der Waals surface area (Å²) in [5, 5.41) is 12.7. The Morgan fingerprint density at radius 2 is 2.07 bits per heavy atom. The molecule has 0 atom stereocenters. The molecule has 2 aromatic heterocycles. The number of aryl methyl sites for hydroxylation is 1. The Labute approximate surface area is 166 Å². The number of pyridine rings is 1. The van der Waals surface area contributed by atoms with Crippen molar-refractivity contribution in [1.82, 2.24) is 15.1 Å². The van der Waals surface area contributed by atoms with Gasteiger partial charge in [-0.25, -0.2) is 18.2 Å². The first-order valence-corrected chi connectivity index (χ1v) is 10.2. The number of carboxylic acids is 1. The molecule has 0 aliphatic heterocycles. The van der Waals surface area contributed by atoms with Crippen molar-refractivity contribution in [2.24, 2.45) is 0 Å². The number of ether oxygens (including phenoxy) is 1. The van der Waals surface area contributed by atoms with E-state index < -0.39 is 15.8 Å². The Hall–Kier alpha value is -3.53. The van der Waals surface area contributed by atoms with E-state index in [1.54, 1.807) is 18.3 Å². The van der Waals surface area contributed by atoms with Crippen LogP contribution in [0.25, 0.3) is 11.4 Å². The van der Waals surface area contributed by atoms with Crippen molar-refractivity contribution >= 4 is 15.8 Å². The minimum Gasteiger partial charge on any atom is -0.478 e. The molecular weight excluding hydrogens is 398 g/mol. The lowest BCUT2D eigenvalue weighted by molar-refractivity contribution is -0.132. The van der Waals surface area contributed by atoms with Crippen molar-refractivity contribution in [3.05, 3.63) is 60.1 Å². The van der Waals surface area contributed by atoms with E-state index in [-0.39, 0.29) is 39.9 Å². The SMILES string of the molecule is C=C(Cc1nc(-c2ccc(Oc3ncccc3C)cc2S(C)(=O)=O)no1)C(=O)O. The Bertz CT molecular complexity index is 1200. The fourth-order valence-electron chi connectivity index (χ4n) is 2.44. The predicted octanol–water partition coefficient (Wildman–Crippen LogP) is 2.82. The van der Waals surface area contributed by atoms with Gasteiger partial charge in [-0.2, -0.15) is 4.98 Å². The largest absolute Gasteiger partial charge is 0.478 e. The number of hydrogen-bond donors (Lipinski definition) is 1. The molecule has 0 saturated heterocycles.